The first kappa shape index (κ1) is 27.2. The lowest BCUT2D eigenvalue weighted by molar-refractivity contribution is -0.402. The van der Waals surface area contributed by atoms with Crippen molar-refractivity contribution in [2.75, 3.05) is 0 Å². The lowest BCUT2D eigenvalue weighted by atomic mass is 9.75. The quantitative estimate of drug-likeness (QED) is 0.177. The van der Waals surface area contributed by atoms with Crippen molar-refractivity contribution < 1.29 is 23.7 Å². The average molecular weight is 638 g/mol. The van der Waals surface area contributed by atoms with Crippen LogP contribution in [0, 0.1) is 0 Å². The summed E-state index contributed by atoms with van der Waals surface area (Å²) in [6.45, 7) is 0. The fourth-order valence-corrected chi connectivity index (χ4v) is 8.15. The summed E-state index contributed by atoms with van der Waals surface area (Å²) in [6, 6.07) is 52.6. The van der Waals surface area contributed by atoms with Gasteiger partial charge < -0.3 is 9.47 Å². The molecule has 0 amide bonds. The highest BCUT2D eigenvalue weighted by atomic mass is 16.9. The monoisotopic (exact) mass is 637 g/mol. The van der Waals surface area contributed by atoms with Gasteiger partial charge in [-0.3, -0.25) is 14.2 Å². The first-order valence-electron chi connectivity index (χ1n) is 16.5. The van der Waals surface area contributed by atoms with E-state index in [-0.39, 0.29) is 0 Å². The second kappa shape index (κ2) is 9.65. The fourth-order valence-electron chi connectivity index (χ4n) is 8.15. The van der Waals surface area contributed by atoms with Crippen molar-refractivity contribution in [2.45, 2.75) is 23.8 Å². The van der Waals surface area contributed by atoms with Gasteiger partial charge in [-0.1, -0.05) is 158 Å². The third-order valence-corrected chi connectivity index (χ3v) is 10.2. The van der Waals surface area contributed by atoms with Crippen LogP contribution in [0.1, 0.15) is 22.3 Å². The Hall–Kier alpha value is -5.79. The zero-order chi connectivity index (χ0) is 32.2. The largest absolute Gasteiger partial charge is 0.446 e. The van der Waals surface area contributed by atoms with Crippen LogP contribution in [0.4, 0.5) is 0 Å². The van der Waals surface area contributed by atoms with Crippen molar-refractivity contribution in [1.82, 2.24) is 0 Å². The summed E-state index contributed by atoms with van der Waals surface area (Å²) in [6.07, 6.45) is -1.10. The van der Waals surface area contributed by atoms with Gasteiger partial charge in [0.1, 0.15) is 5.71 Å². The highest BCUT2D eigenvalue weighted by Crippen LogP contribution is 2.66. The van der Waals surface area contributed by atoms with Crippen molar-refractivity contribution >= 4 is 27.3 Å². The number of fused-ring (bicyclic) bond motifs is 11. The number of nitrogens with zero attached hydrogens (tertiary/aromatic N) is 1. The zero-order valence-corrected chi connectivity index (χ0v) is 26.1. The Morgan fingerprint density at radius 2 is 0.939 bits per heavy atom. The summed E-state index contributed by atoms with van der Waals surface area (Å²) in [5, 5.41) is 3.90. The van der Waals surface area contributed by atoms with Gasteiger partial charge in [-0.15, -0.1) is 0 Å². The Bertz CT molecular complexity index is 2520. The van der Waals surface area contributed by atoms with Crippen molar-refractivity contribution in [3.8, 4) is 22.6 Å². The first-order chi connectivity index (χ1) is 24.2. The second-order valence-electron chi connectivity index (χ2n) is 12.7. The molecule has 1 fully saturated rings. The van der Waals surface area contributed by atoms with E-state index in [9.17, 15) is 0 Å². The Balaban J connectivity index is 1.29. The van der Waals surface area contributed by atoms with E-state index in [0.29, 0.717) is 17.2 Å². The zero-order valence-electron chi connectivity index (χ0n) is 26.1. The lowest BCUT2D eigenvalue weighted by Gasteiger charge is -2.54. The van der Waals surface area contributed by atoms with E-state index >= 15 is 0 Å². The van der Waals surface area contributed by atoms with Crippen LogP contribution in [0.15, 0.2) is 163 Å². The summed E-state index contributed by atoms with van der Waals surface area (Å²) in [7, 11) is 0. The Morgan fingerprint density at radius 1 is 0.449 bits per heavy atom. The molecule has 11 rings (SSSR count). The standard InChI is InChI=1S/C43H27NO5/c1-3-15-27(16-4-1)39-41(28-17-5-2-6-18-28)47-40(44-39)48-42-35-25-13-11-21-31(35)32-22-12-14-26-36(32)43(42,49-41)46-38-34-24-10-8-20-30(34)29-19-7-9-23-33(29)37(38)45-42/h1-26,40H/t40?,41?,42-,43+/m0/s1. The number of hydrogen-bond donors (Lipinski definition) is 0. The predicted molar refractivity (Wildman–Crippen MR) is 186 cm³/mol. The first-order valence-corrected chi connectivity index (χ1v) is 16.5. The van der Waals surface area contributed by atoms with E-state index in [1.165, 1.54) is 0 Å². The highest BCUT2D eigenvalue weighted by Gasteiger charge is 2.75. The highest BCUT2D eigenvalue weighted by molar-refractivity contribution is 6.14. The van der Waals surface area contributed by atoms with Gasteiger partial charge in [-0.05, 0) is 21.9 Å². The maximum atomic E-state index is 7.71. The predicted octanol–water partition coefficient (Wildman–Crippen LogP) is 9.15. The Kier molecular flexibility index (Phi) is 5.35. The molecule has 0 aromatic heterocycles. The SMILES string of the molecule is c1ccc(C2=NC3OC2(c2ccccc2)O[C@@]24Oc5c(c6ccccc6c6ccccc56)O[C@]2(O3)c2ccccc2-c2ccccc24)cc1. The van der Waals surface area contributed by atoms with Gasteiger partial charge in [0.05, 0.1) is 0 Å². The Morgan fingerprint density at radius 3 is 1.57 bits per heavy atom. The summed E-state index contributed by atoms with van der Waals surface area (Å²) >= 11 is 0. The molecule has 6 nitrogen and oxygen atoms in total. The molecule has 234 valence electrons. The molecule has 3 heterocycles. The molecule has 2 unspecified atom stereocenters. The summed E-state index contributed by atoms with van der Waals surface area (Å²) in [5.41, 5.74) is 5.61. The Labute approximate surface area is 281 Å². The van der Waals surface area contributed by atoms with E-state index in [1.54, 1.807) is 0 Å². The molecule has 0 saturated carbocycles. The molecule has 1 aliphatic carbocycles. The summed E-state index contributed by atoms with van der Waals surface area (Å²) < 4.78 is 36.9. The number of aliphatic imine (C=N–C) groups is 1. The van der Waals surface area contributed by atoms with Crippen molar-refractivity contribution in [3.63, 3.8) is 0 Å². The van der Waals surface area contributed by atoms with E-state index in [0.717, 1.165) is 54.9 Å². The molecule has 6 heteroatoms. The molecule has 4 aliphatic rings. The van der Waals surface area contributed by atoms with Gasteiger partial charge in [0.25, 0.3) is 6.41 Å². The molecule has 1 saturated heterocycles. The molecule has 3 aliphatic heterocycles. The normalized spacial score (nSPS) is 25.8. The summed E-state index contributed by atoms with van der Waals surface area (Å²) in [5.74, 6) is -3.79. The molecule has 2 bridgehead atoms. The van der Waals surface area contributed by atoms with Gasteiger partial charge in [0.2, 0.25) is 5.79 Å². The van der Waals surface area contributed by atoms with Crippen LogP contribution in [-0.4, -0.2) is 12.1 Å². The topological polar surface area (TPSA) is 58.5 Å². The van der Waals surface area contributed by atoms with Crippen molar-refractivity contribution in [3.05, 3.63) is 180 Å². The molecule has 7 aromatic rings. The van der Waals surface area contributed by atoms with Crippen LogP contribution in [0.5, 0.6) is 11.5 Å². The maximum Gasteiger partial charge on any atom is 0.313 e. The van der Waals surface area contributed by atoms with E-state index < -0.39 is 23.8 Å². The van der Waals surface area contributed by atoms with E-state index in [4.69, 9.17) is 28.7 Å². The lowest BCUT2D eigenvalue weighted by Crippen LogP contribution is -2.65. The van der Waals surface area contributed by atoms with Crippen molar-refractivity contribution in [1.29, 1.82) is 0 Å². The minimum Gasteiger partial charge on any atom is -0.446 e. The molecule has 49 heavy (non-hydrogen) atoms. The number of rotatable bonds is 2. The smallest absolute Gasteiger partial charge is 0.313 e. The molecule has 0 N–H and O–H groups in total. The van der Waals surface area contributed by atoms with E-state index in [1.807, 2.05) is 121 Å². The number of benzene rings is 7. The van der Waals surface area contributed by atoms with Gasteiger partial charge in [0.15, 0.2) is 11.5 Å². The third-order valence-electron chi connectivity index (χ3n) is 10.2. The number of hydrogen-bond acceptors (Lipinski definition) is 6. The van der Waals surface area contributed by atoms with Crippen molar-refractivity contribution in [2.24, 2.45) is 4.99 Å². The molecule has 7 aromatic carbocycles. The maximum absolute atomic E-state index is 7.71. The van der Waals surface area contributed by atoms with Crippen LogP contribution >= 0.6 is 0 Å². The minimum absolute atomic E-state index is 0.571. The molecule has 4 atom stereocenters. The van der Waals surface area contributed by atoms with Gasteiger partial charge in [0, 0.05) is 33.0 Å². The minimum atomic E-state index is -1.71. The van der Waals surface area contributed by atoms with Crippen LogP contribution in [0.2, 0.25) is 0 Å². The molecular weight excluding hydrogens is 610 g/mol. The van der Waals surface area contributed by atoms with Gasteiger partial charge in [-0.2, -0.15) is 0 Å². The van der Waals surface area contributed by atoms with Gasteiger partial charge in [-0.25, -0.2) is 4.99 Å². The van der Waals surface area contributed by atoms with Crippen LogP contribution in [-0.2, 0) is 31.6 Å². The third kappa shape index (κ3) is 3.42. The second-order valence-corrected chi connectivity index (χ2v) is 12.7. The van der Waals surface area contributed by atoms with Crippen LogP contribution in [0.25, 0.3) is 32.7 Å². The molecule has 0 radical (unpaired) electrons. The summed E-state index contributed by atoms with van der Waals surface area (Å²) in [4.78, 5) is 5.11. The molecule has 0 spiro atoms. The van der Waals surface area contributed by atoms with Gasteiger partial charge >= 0.3 is 11.6 Å². The van der Waals surface area contributed by atoms with Crippen LogP contribution < -0.4 is 9.47 Å². The van der Waals surface area contributed by atoms with E-state index in [2.05, 4.69) is 36.4 Å². The fraction of sp³-hybridized carbons (Fsp3) is 0.0930. The van der Waals surface area contributed by atoms with Crippen LogP contribution in [0.3, 0.4) is 0 Å². The average Bonchev–Trinajstić information content (AvgIpc) is 3.46. The number of ether oxygens (including phenoxy) is 5. The molecular formula is C43H27NO5.